The van der Waals surface area contributed by atoms with Crippen molar-refractivity contribution in [3.63, 3.8) is 0 Å². The topological polar surface area (TPSA) is 66.5 Å². The van der Waals surface area contributed by atoms with Gasteiger partial charge in [0.2, 0.25) is 10.0 Å². The van der Waals surface area contributed by atoms with Gasteiger partial charge >= 0.3 is 0 Å². The molecule has 0 unspecified atom stereocenters. The minimum Gasteiger partial charge on any atom is -0.322 e. The monoisotopic (exact) mass is 458 g/mol. The van der Waals surface area contributed by atoms with E-state index in [1.54, 1.807) is 19.9 Å². The third-order valence-corrected chi connectivity index (χ3v) is 6.28. The standard InChI is InChI=1S/C17H19IN2O3S/c1-3-20(4-2)24(22,23)16-10-8-13(9-11-16)17(21)19-15-7-5-6-14(18)12-15/h5-12H,3-4H2,1-2H3,(H,19,21). The van der Waals surface area contributed by atoms with Crippen molar-refractivity contribution in [2.24, 2.45) is 0 Å². The number of hydrogen-bond acceptors (Lipinski definition) is 3. The number of rotatable bonds is 6. The Kier molecular flexibility index (Phi) is 6.36. The van der Waals surface area contributed by atoms with Crippen LogP contribution >= 0.6 is 22.6 Å². The van der Waals surface area contributed by atoms with E-state index >= 15 is 0 Å². The van der Waals surface area contributed by atoms with Gasteiger partial charge in [-0.15, -0.1) is 0 Å². The number of sulfonamides is 1. The molecular weight excluding hydrogens is 439 g/mol. The number of carbonyl (C=O) groups excluding carboxylic acids is 1. The Morgan fingerprint density at radius 3 is 2.25 bits per heavy atom. The normalized spacial score (nSPS) is 11.5. The highest BCUT2D eigenvalue weighted by Gasteiger charge is 2.21. The Balaban J connectivity index is 2.18. The number of amides is 1. The smallest absolute Gasteiger partial charge is 0.255 e. The van der Waals surface area contributed by atoms with E-state index in [1.807, 2.05) is 18.2 Å². The van der Waals surface area contributed by atoms with Gasteiger partial charge in [-0.3, -0.25) is 4.79 Å². The molecule has 0 aromatic heterocycles. The molecule has 0 heterocycles. The molecule has 0 radical (unpaired) electrons. The Morgan fingerprint density at radius 2 is 1.71 bits per heavy atom. The molecule has 2 aromatic rings. The van der Waals surface area contributed by atoms with Crippen LogP contribution in [0.3, 0.4) is 0 Å². The van der Waals surface area contributed by atoms with Crippen LogP contribution in [0.4, 0.5) is 5.69 Å². The summed E-state index contributed by atoms with van der Waals surface area (Å²) >= 11 is 2.17. The summed E-state index contributed by atoms with van der Waals surface area (Å²) in [4.78, 5) is 12.5. The van der Waals surface area contributed by atoms with Gasteiger partial charge in [0.1, 0.15) is 0 Å². The maximum atomic E-state index is 12.4. The fourth-order valence-corrected chi connectivity index (χ4v) is 4.26. The van der Waals surface area contributed by atoms with Crippen molar-refractivity contribution in [3.05, 3.63) is 57.7 Å². The summed E-state index contributed by atoms with van der Waals surface area (Å²) in [5.41, 5.74) is 1.11. The predicted molar refractivity (Wildman–Crippen MR) is 104 cm³/mol. The van der Waals surface area contributed by atoms with E-state index in [9.17, 15) is 13.2 Å². The number of carbonyl (C=O) groups is 1. The van der Waals surface area contributed by atoms with Crippen LogP contribution < -0.4 is 5.32 Å². The molecule has 1 amide bonds. The second-order valence-corrected chi connectivity index (χ2v) is 8.26. The van der Waals surface area contributed by atoms with Crippen molar-refractivity contribution in [1.29, 1.82) is 0 Å². The second kappa shape index (κ2) is 8.09. The molecule has 0 aliphatic carbocycles. The van der Waals surface area contributed by atoms with Gasteiger partial charge in [0, 0.05) is 27.9 Å². The summed E-state index contributed by atoms with van der Waals surface area (Å²) in [6, 6.07) is 13.4. The molecular formula is C17H19IN2O3S. The highest BCUT2D eigenvalue weighted by Crippen LogP contribution is 2.18. The maximum absolute atomic E-state index is 12.4. The van der Waals surface area contributed by atoms with E-state index < -0.39 is 10.0 Å². The summed E-state index contributed by atoms with van der Waals surface area (Å²) < 4.78 is 27.3. The van der Waals surface area contributed by atoms with Crippen molar-refractivity contribution in [1.82, 2.24) is 4.31 Å². The van der Waals surface area contributed by atoms with Crippen molar-refractivity contribution in [2.45, 2.75) is 18.7 Å². The molecule has 2 rings (SSSR count). The molecule has 2 aromatic carbocycles. The lowest BCUT2D eigenvalue weighted by Crippen LogP contribution is -2.30. The molecule has 24 heavy (non-hydrogen) atoms. The predicted octanol–water partition coefficient (Wildman–Crippen LogP) is 3.57. The van der Waals surface area contributed by atoms with Gasteiger partial charge in [0.15, 0.2) is 0 Å². The number of benzene rings is 2. The molecule has 0 bridgehead atoms. The van der Waals surface area contributed by atoms with E-state index in [4.69, 9.17) is 0 Å². The van der Waals surface area contributed by atoms with E-state index in [1.165, 1.54) is 28.6 Å². The first kappa shape index (κ1) is 18.9. The number of nitrogens with zero attached hydrogens (tertiary/aromatic N) is 1. The summed E-state index contributed by atoms with van der Waals surface area (Å²) in [6.45, 7) is 4.41. The van der Waals surface area contributed by atoms with E-state index in [0.717, 1.165) is 3.57 Å². The summed E-state index contributed by atoms with van der Waals surface area (Å²) in [5.74, 6) is -0.274. The minimum absolute atomic E-state index is 0.192. The van der Waals surface area contributed by atoms with Crippen molar-refractivity contribution >= 4 is 44.2 Å². The van der Waals surface area contributed by atoms with Crippen LogP contribution in [0.1, 0.15) is 24.2 Å². The number of hydrogen-bond donors (Lipinski definition) is 1. The quantitative estimate of drug-likeness (QED) is 0.674. The average molecular weight is 458 g/mol. The van der Waals surface area contributed by atoms with Gasteiger partial charge < -0.3 is 5.32 Å². The molecule has 5 nitrogen and oxygen atoms in total. The maximum Gasteiger partial charge on any atom is 0.255 e. The molecule has 0 saturated heterocycles. The lowest BCUT2D eigenvalue weighted by molar-refractivity contribution is 0.102. The van der Waals surface area contributed by atoms with Gasteiger partial charge in [-0.05, 0) is 65.1 Å². The number of anilines is 1. The van der Waals surface area contributed by atoms with Crippen LogP contribution in [0.5, 0.6) is 0 Å². The Bertz CT molecular complexity index is 816. The highest BCUT2D eigenvalue weighted by molar-refractivity contribution is 14.1. The molecule has 1 N–H and O–H groups in total. The zero-order valence-electron chi connectivity index (χ0n) is 13.5. The number of halogens is 1. The van der Waals surface area contributed by atoms with Gasteiger partial charge in [0.25, 0.3) is 5.91 Å². The van der Waals surface area contributed by atoms with E-state index in [-0.39, 0.29) is 10.8 Å². The van der Waals surface area contributed by atoms with Gasteiger partial charge in [-0.1, -0.05) is 19.9 Å². The van der Waals surface area contributed by atoms with Crippen LogP contribution in [0.2, 0.25) is 0 Å². The van der Waals surface area contributed by atoms with E-state index in [2.05, 4.69) is 27.9 Å². The summed E-state index contributed by atoms with van der Waals surface area (Å²) in [6.07, 6.45) is 0. The highest BCUT2D eigenvalue weighted by atomic mass is 127. The first-order valence-corrected chi connectivity index (χ1v) is 10.1. The van der Waals surface area contributed by atoms with Crippen LogP contribution in [0.25, 0.3) is 0 Å². The van der Waals surface area contributed by atoms with Crippen molar-refractivity contribution < 1.29 is 13.2 Å². The lowest BCUT2D eigenvalue weighted by atomic mass is 10.2. The first-order chi connectivity index (χ1) is 11.4. The minimum atomic E-state index is -3.51. The lowest BCUT2D eigenvalue weighted by Gasteiger charge is -2.18. The third kappa shape index (κ3) is 4.34. The van der Waals surface area contributed by atoms with E-state index in [0.29, 0.717) is 24.3 Å². The Morgan fingerprint density at radius 1 is 1.08 bits per heavy atom. The summed E-state index contributed by atoms with van der Waals surface area (Å²) in [5, 5.41) is 2.80. The molecule has 0 fully saturated rings. The second-order valence-electron chi connectivity index (χ2n) is 5.08. The SMILES string of the molecule is CCN(CC)S(=O)(=O)c1ccc(C(=O)Nc2cccc(I)c2)cc1. The van der Waals surface area contributed by atoms with Crippen LogP contribution in [-0.4, -0.2) is 31.7 Å². The molecule has 0 aliphatic rings. The van der Waals surface area contributed by atoms with Gasteiger partial charge in [-0.25, -0.2) is 8.42 Å². The largest absolute Gasteiger partial charge is 0.322 e. The zero-order valence-corrected chi connectivity index (χ0v) is 16.5. The molecule has 128 valence electrons. The van der Waals surface area contributed by atoms with Crippen molar-refractivity contribution in [2.75, 3.05) is 18.4 Å². The van der Waals surface area contributed by atoms with Crippen LogP contribution in [0.15, 0.2) is 53.4 Å². The molecule has 0 saturated carbocycles. The Hall–Kier alpha value is -1.45. The first-order valence-electron chi connectivity index (χ1n) is 7.55. The van der Waals surface area contributed by atoms with Crippen LogP contribution in [0, 0.1) is 3.57 Å². The fraction of sp³-hybridized carbons (Fsp3) is 0.235. The van der Waals surface area contributed by atoms with Gasteiger partial charge in [0.05, 0.1) is 4.90 Å². The summed E-state index contributed by atoms with van der Waals surface area (Å²) in [7, 11) is -3.51. The zero-order chi connectivity index (χ0) is 17.7. The van der Waals surface area contributed by atoms with Crippen molar-refractivity contribution in [3.8, 4) is 0 Å². The van der Waals surface area contributed by atoms with Gasteiger partial charge in [-0.2, -0.15) is 4.31 Å². The molecule has 0 atom stereocenters. The average Bonchev–Trinajstić information content (AvgIpc) is 2.56. The molecule has 0 spiro atoms. The fourth-order valence-electron chi connectivity index (χ4n) is 2.26. The molecule has 7 heteroatoms. The molecule has 0 aliphatic heterocycles. The third-order valence-electron chi connectivity index (χ3n) is 3.54. The van der Waals surface area contributed by atoms with Crippen LogP contribution in [-0.2, 0) is 10.0 Å². The number of nitrogens with one attached hydrogen (secondary N) is 1. The Labute approximate surface area is 156 Å².